The van der Waals surface area contributed by atoms with Gasteiger partial charge in [0.2, 0.25) is 0 Å². The van der Waals surface area contributed by atoms with Gasteiger partial charge in [-0.3, -0.25) is 4.79 Å². The highest BCUT2D eigenvalue weighted by atomic mass is 32.2. The van der Waals surface area contributed by atoms with Gasteiger partial charge in [-0.1, -0.05) is 6.07 Å². The summed E-state index contributed by atoms with van der Waals surface area (Å²) in [6, 6.07) is 11.9. The number of benzene rings is 2. The Kier molecular flexibility index (Phi) is 4.59. The van der Waals surface area contributed by atoms with E-state index in [0.717, 1.165) is 6.26 Å². The molecular formula is C18H16FNO4S. The lowest BCUT2D eigenvalue weighted by Crippen LogP contribution is -2.22. The number of halogens is 1. The van der Waals surface area contributed by atoms with E-state index in [1.54, 1.807) is 30.5 Å². The number of hydrogen-bond acceptors (Lipinski definition) is 4. The molecular weight excluding hydrogens is 345 g/mol. The molecule has 0 aliphatic rings. The minimum atomic E-state index is -3.24. The van der Waals surface area contributed by atoms with Crippen molar-refractivity contribution >= 4 is 20.6 Å². The molecule has 7 heteroatoms. The number of rotatable bonds is 5. The Morgan fingerprint density at radius 1 is 1.08 bits per heavy atom. The maximum atomic E-state index is 13.3. The minimum Gasteiger partial charge on any atom is -0.492 e. The van der Waals surface area contributed by atoms with Crippen LogP contribution < -0.4 is 10.3 Å². The van der Waals surface area contributed by atoms with Gasteiger partial charge in [-0.2, -0.15) is 0 Å². The number of sulfone groups is 1. The lowest BCUT2D eigenvalue weighted by atomic mass is 10.2. The molecule has 0 aliphatic heterocycles. The van der Waals surface area contributed by atoms with Crippen molar-refractivity contribution in [2.24, 2.45) is 0 Å². The summed E-state index contributed by atoms with van der Waals surface area (Å²) >= 11 is 0. The van der Waals surface area contributed by atoms with E-state index >= 15 is 0 Å². The van der Waals surface area contributed by atoms with Crippen molar-refractivity contribution in [2.75, 3.05) is 12.9 Å². The average molecular weight is 361 g/mol. The molecule has 3 rings (SSSR count). The molecule has 0 N–H and O–H groups in total. The molecule has 1 heterocycles. The summed E-state index contributed by atoms with van der Waals surface area (Å²) in [5.41, 5.74) is -0.284. The molecule has 0 saturated carbocycles. The van der Waals surface area contributed by atoms with Gasteiger partial charge in [0.15, 0.2) is 9.84 Å². The first kappa shape index (κ1) is 17.2. The Morgan fingerprint density at radius 3 is 2.48 bits per heavy atom. The zero-order chi connectivity index (χ0) is 18.0. The van der Waals surface area contributed by atoms with Crippen molar-refractivity contribution in [1.29, 1.82) is 0 Å². The maximum Gasteiger partial charge on any atom is 0.258 e. The van der Waals surface area contributed by atoms with Crippen LogP contribution in [-0.2, 0) is 16.4 Å². The fourth-order valence-corrected chi connectivity index (χ4v) is 3.10. The lowest BCUT2D eigenvalue weighted by Gasteiger charge is -2.09. The maximum absolute atomic E-state index is 13.3. The molecule has 25 heavy (non-hydrogen) atoms. The van der Waals surface area contributed by atoms with E-state index in [1.807, 2.05) is 0 Å². The van der Waals surface area contributed by atoms with Crippen LogP contribution in [0, 0.1) is 5.82 Å². The molecule has 0 amide bonds. The van der Waals surface area contributed by atoms with Crippen molar-refractivity contribution in [1.82, 2.24) is 4.57 Å². The molecule has 0 atom stereocenters. The number of aromatic nitrogens is 1. The third kappa shape index (κ3) is 3.88. The molecule has 0 spiro atoms. The number of nitrogens with zero attached hydrogens (tertiary/aromatic N) is 1. The molecule has 2 aromatic carbocycles. The lowest BCUT2D eigenvalue weighted by molar-refractivity contribution is 0.296. The number of pyridine rings is 1. The normalized spacial score (nSPS) is 11.6. The van der Waals surface area contributed by atoms with Gasteiger partial charge in [0.1, 0.15) is 18.2 Å². The Hall–Kier alpha value is -2.67. The Balaban J connectivity index is 1.71. The van der Waals surface area contributed by atoms with E-state index in [2.05, 4.69) is 0 Å². The van der Waals surface area contributed by atoms with Crippen LogP contribution in [-0.4, -0.2) is 25.8 Å². The summed E-state index contributed by atoms with van der Waals surface area (Å²) < 4.78 is 43.1. The highest BCUT2D eigenvalue weighted by molar-refractivity contribution is 7.90. The minimum absolute atomic E-state index is 0.215. The molecule has 0 fully saturated rings. The third-order valence-corrected chi connectivity index (χ3v) is 4.92. The van der Waals surface area contributed by atoms with E-state index in [-0.39, 0.29) is 17.1 Å². The van der Waals surface area contributed by atoms with Crippen molar-refractivity contribution in [2.45, 2.75) is 11.4 Å². The van der Waals surface area contributed by atoms with Crippen LogP contribution in [0.4, 0.5) is 4.39 Å². The number of hydrogen-bond donors (Lipinski definition) is 0. The van der Waals surface area contributed by atoms with Gasteiger partial charge in [0, 0.05) is 12.5 Å². The SMILES string of the molecule is CS(=O)(=O)c1ccc(OCCn2ccc3ccc(F)cc3c2=O)cc1. The van der Waals surface area contributed by atoms with E-state index < -0.39 is 15.7 Å². The quantitative estimate of drug-likeness (QED) is 0.701. The van der Waals surface area contributed by atoms with E-state index in [1.165, 1.54) is 28.8 Å². The summed E-state index contributed by atoms with van der Waals surface area (Å²) in [6.07, 6.45) is 2.77. The second kappa shape index (κ2) is 6.68. The van der Waals surface area contributed by atoms with Crippen molar-refractivity contribution in [3.8, 4) is 5.75 Å². The zero-order valence-electron chi connectivity index (χ0n) is 13.5. The standard InChI is InChI=1S/C18H16FNO4S/c1-25(22,23)16-6-4-15(5-7-16)24-11-10-20-9-8-13-2-3-14(19)12-17(13)18(20)21/h2-9,12H,10-11H2,1H3. The molecule has 0 unspecified atom stereocenters. The predicted octanol–water partition coefficient (Wildman–Crippen LogP) is 2.62. The average Bonchev–Trinajstić information content (AvgIpc) is 2.57. The molecule has 0 aliphatic carbocycles. The first-order valence-electron chi connectivity index (χ1n) is 7.56. The number of fused-ring (bicyclic) bond motifs is 1. The van der Waals surface area contributed by atoms with Crippen LogP contribution >= 0.6 is 0 Å². The van der Waals surface area contributed by atoms with Crippen LogP contribution in [0.5, 0.6) is 5.75 Å². The second-order valence-electron chi connectivity index (χ2n) is 5.64. The van der Waals surface area contributed by atoms with Gasteiger partial charge in [0.25, 0.3) is 5.56 Å². The van der Waals surface area contributed by atoms with Crippen LogP contribution in [0.3, 0.4) is 0 Å². The van der Waals surface area contributed by atoms with Crippen LogP contribution in [0.1, 0.15) is 0 Å². The molecule has 5 nitrogen and oxygen atoms in total. The molecule has 0 radical (unpaired) electrons. The first-order chi connectivity index (χ1) is 11.8. The Morgan fingerprint density at radius 2 is 1.80 bits per heavy atom. The molecule has 0 saturated heterocycles. The highest BCUT2D eigenvalue weighted by Gasteiger charge is 2.07. The van der Waals surface area contributed by atoms with Gasteiger partial charge < -0.3 is 9.30 Å². The topological polar surface area (TPSA) is 65.4 Å². The highest BCUT2D eigenvalue weighted by Crippen LogP contribution is 2.16. The van der Waals surface area contributed by atoms with Crippen molar-refractivity contribution in [3.63, 3.8) is 0 Å². The van der Waals surface area contributed by atoms with Crippen molar-refractivity contribution < 1.29 is 17.5 Å². The first-order valence-corrected chi connectivity index (χ1v) is 9.45. The van der Waals surface area contributed by atoms with Gasteiger partial charge >= 0.3 is 0 Å². The smallest absolute Gasteiger partial charge is 0.258 e. The van der Waals surface area contributed by atoms with Gasteiger partial charge in [-0.05, 0) is 47.9 Å². The van der Waals surface area contributed by atoms with Gasteiger partial charge in [0.05, 0.1) is 16.8 Å². The second-order valence-corrected chi connectivity index (χ2v) is 7.65. The fourth-order valence-electron chi connectivity index (χ4n) is 2.47. The molecule has 130 valence electrons. The predicted molar refractivity (Wildman–Crippen MR) is 93.2 cm³/mol. The van der Waals surface area contributed by atoms with Crippen LogP contribution in [0.2, 0.25) is 0 Å². The monoisotopic (exact) mass is 361 g/mol. The summed E-state index contributed by atoms with van der Waals surface area (Å²) in [4.78, 5) is 12.6. The van der Waals surface area contributed by atoms with E-state index in [4.69, 9.17) is 4.74 Å². The van der Waals surface area contributed by atoms with Crippen LogP contribution in [0.15, 0.2) is 64.4 Å². The molecule has 1 aromatic heterocycles. The summed E-state index contributed by atoms with van der Waals surface area (Å²) in [5.74, 6) is 0.0526. The molecule has 0 bridgehead atoms. The van der Waals surface area contributed by atoms with E-state index in [0.29, 0.717) is 23.1 Å². The number of ether oxygens (including phenoxy) is 1. The largest absolute Gasteiger partial charge is 0.492 e. The summed E-state index contributed by atoms with van der Waals surface area (Å²) in [7, 11) is -3.24. The van der Waals surface area contributed by atoms with Gasteiger partial charge in [-0.25, -0.2) is 12.8 Å². The summed E-state index contributed by atoms with van der Waals surface area (Å²) in [6.45, 7) is 0.512. The third-order valence-electron chi connectivity index (χ3n) is 3.79. The van der Waals surface area contributed by atoms with Crippen molar-refractivity contribution in [3.05, 3.63) is 70.9 Å². The Labute approximate surface area is 144 Å². The van der Waals surface area contributed by atoms with E-state index in [9.17, 15) is 17.6 Å². The Bertz CT molecular complexity index is 1070. The van der Waals surface area contributed by atoms with Crippen LogP contribution in [0.25, 0.3) is 10.8 Å². The fraction of sp³-hybridized carbons (Fsp3) is 0.167. The summed E-state index contributed by atoms with van der Waals surface area (Å²) in [5, 5.41) is 1.000. The van der Waals surface area contributed by atoms with Gasteiger partial charge in [-0.15, -0.1) is 0 Å². The zero-order valence-corrected chi connectivity index (χ0v) is 14.3. The molecule has 3 aromatic rings.